The minimum atomic E-state index is -0.128. The molecule has 0 fully saturated rings. The molecule has 206 valence electrons. The Kier molecular flexibility index (Phi) is 9.88. The molecule has 2 aliphatic heterocycles. The van der Waals surface area contributed by atoms with E-state index in [1.165, 1.54) is 7.11 Å². The topological polar surface area (TPSA) is 71.6 Å². The quantitative estimate of drug-likeness (QED) is 0.564. The van der Waals surface area contributed by atoms with E-state index >= 15 is 0 Å². The van der Waals surface area contributed by atoms with Gasteiger partial charge in [0.15, 0.2) is 11.5 Å². The zero-order valence-corrected chi connectivity index (χ0v) is 23.3. The van der Waals surface area contributed by atoms with Gasteiger partial charge in [-0.05, 0) is 55.7 Å². The lowest BCUT2D eigenvalue weighted by Crippen LogP contribution is -2.42. The van der Waals surface area contributed by atoms with E-state index in [1.807, 2.05) is 41.3 Å². The third-order valence-corrected chi connectivity index (χ3v) is 7.24. The summed E-state index contributed by atoms with van der Waals surface area (Å²) in [5.74, 6) is 1.28. The van der Waals surface area contributed by atoms with Gasteiger partial charge in [-0.15, -0.1) is 0 Å². The van der Waals surface area contributed by atoms with Crippen LogP contribution in [-0.2, 0) is 27.3 Å². The van der Waals surface area contributed by atoms with E-state index in [9.17, 15) is 9.59 Å². The minimum absolute atomic E-state index is 0.0121. The molecule has 0 bridgehead atoms. The molecule has 2 aromatic rings. The number of anilines is 1. The van der Waals surface area contributed by atoms with Gasteiger partial charge in [-0.25, -0.2) is 0 Å². The second-order valence-corrected chi connectivity index (χ2v) is 10.5. The SMILES string of the molecule is COCC(=O)N1CCCN(C(C)C)CCN(C(=O)Cc2ccc3c(c2)OCCCO3)Cc2ccc(Cl)cc21. The van der Waals surface area contributed by atoms with Crippen LogP contribution in [0.2, 0.25) is 5.02 Å². The standard InChI is InChI=1S/C29H38ClN3O5/c1-21(2)31-10-4-11-33(29(35)20-36-3)25-18-24(30)8-7-23(25)19-32(13-12-31)28(34)17-22-6-9-26-27(16-22)38-15-5-14-37-26/h6-9,16,18,21H,4-5,10-15,17,19-20H2,1-3H3. The molecule has 0 saturated carbocycles. The number of amides is 2. The summed E-state index contributed by atoms with van der Waals surface area (Å²) in [6.45, 7) is 8.58. The molecule has 0 aromatic heterocycles. The van der Waals surface area contributed by atoms with Crippen LogP contribution in [0, 0.1) is 0 Å². The van der Waals surface area contributed by atoms with Gasteiger partial charge < -0.3 is 24.0 Å². The Bertz CT molecular complexity index is 1130. The van der Waals surface area contributed by atoms with E-state index in [0.29, 0.717) is 55.4 Å². The molecule has 2 aliphatic rings. The number of hydrogen-bond donors (Lipinski definition) is 0. The van der Waals surface area contributed by atoms with Gasteiger partial charge in [0.05, 0.1) is 25.3 Å². The number of halogens is 1. The van der Waals surface area contributed by atoms with Crippen molar-refractivity contribution >= 4 is 29.1 Å². The molecule has 8 nitrogen and oxygen atoms in total. The molecule has 0 N–H and O–H groups in total. The summed E-state index contributed by atoms with van der Waals surface area (Å²) in [6, 6.07) is 11.6. The molecule has 9 heteroatoms. The number of fused-ring (bicyclic) bond motifs is 2. The number of rotatable bonds is 5. The van der Waals surface area contributed by atoms with Gasteiger partial charge in [0, 0.05) is 57.3 Å². The maximum absolute atomic E-state index is 13.7. The first-order valence-corrected chi connectivity index (χ1v) is 13.7. The molecule has 0 unspecified atom stereocenters. The van der Waals surface area contributed by atoms with Gasteiger partial charge >= 0.3 is 0 Å². The minimum Gasteiger partial charge on any atom is -0.490 e. The molecule has 0 aliphatic carbocycles. The van der Waals surface area contributed by atoms with Crippen molar-refractivity contribution < 1.29 is 23.8 Å². The van der Waals surface area contributed by atoms with Crippen LogP contribution in [0.5, 0.6) is 11.5 Å². The molecule has 4 rings (SSSR count). The average molecular weight is 544 g/mol. The van der Waals surface area contributed by atoms with Crippen molar-refractivity contribution in [2.45, 2.75) is 45.7 Å². The molecule has 0 atom stereocenters. The molecule has 0 radical (unpaired) electrons. The Morgan fingerprint density at radius 2 is 1.74 bits per heavy atom. The number of carbonyl (C=O) groups excluding carboxylic acids is 2. The monoisotopic (exact) mass is 543 g/mol. The van der Waals surface area contributed by atoms with E-state index < -0.39 is 0 Å². The largest absolute Gasteiger partial charge is 0.490 e. The molecule has 0 spiro atoms. The van der Waals surface area contributed by atoms with Crippen LogP contribution in [0.1, 0.15) is 37.8 Å². The van der Waals surface area contributed by atoms with Crippen LogP contribution >= 0.6 is 11.6 Å². The van der Waals surface area contributed by atoms with Crippen LogP contribution in [0.25, 0.3) is 0 Å². The molecular formula is C29H38ClN3O5. The van der Waals surface area contributed by atoms with Crippen molar-refractivity contribution in [1.29, 1.82) is 0 Å². The molecular weight excluding hydrogens is 506 g/mol. The predicted molar refractivity (Wildman–Crippen MR) is 148 cm³/mol. The molecule has 2 aromatic carbocycles. The summed E-state index contributed by atoms with van der Waals surface area (Å²) in [5, 5.41) is 0.544. The Morgan fingerprint density at radius 3 is 2.50 bits per heavy atom. The number of hydrogen-bond acceptors (Lipinski definition) is 6. The lowest BCUT2D eigenvalue weighted by molar-refractivity contribution is -0.131. The van der Waals surface area contributed by atoms with Crippen molar-refractivity contribution in [2.75, 3.05) is 58.0 Å². The fourth-order valence-corrected chi connectivity index (χ4v) is 5.08. The van der Waals surface area contributed by atoms with Gasteiger partial charge in [0.1, 0.15) is 6.61 Å². The molecule has 2 heterocycles. The zero-order chi connectivity index (χ0) is 27.1. The van der Waals surface area contributed by atoms with E-state index in [2.05, 4.69) is 18.7 Å². The maximum Gasteiger partial charge on any atom is 0.252 e. The van der Waals surface area contributed by atoms with Crippen molar-refractivity contribution in [3.63, 3.8) is 0 Å². The van der Waals surface area contributed by atoms with Gasteiger partial charge in [-0.3, -0.25) is 14.5 Å². The number of methoxy groups -OCH3 is 1. The first-order chi connectivity index (χ1) is 18.4. The second kappa shape index (κ2) is 13.3. The zero-order valence-electron chi connectivity index (χ0n) is 22.6. The third-order valence-electron chi connectivity index (χ3n) is 7.00. The fourth-order valence-electron chi connectivity index (χ4n) is 4.91. The predicted octanol–water partition coefficient (Wildman–Crippen LogP) is 4.17. The normalized spacial score (nSPS) is 17.0. The summed E-state index contributed by atoms with van der Waals surface area (Å²) in [4.78, 5) is 32.8. The van der Waals surface area contributed by atoms with E-state index in [-0.39, 0.29) is 24.8 Å². The van der Waals surface area contributed by atoms with Gasteiger partial charge in [0.2, 0.25) is 5.91 Å². The summed E-state index contributed by atoms with van der Waals surface area (Å²) in [7, 11) is 1.52. The fraction of sp³-hybridized carbons (Fsp3) is 0.517. The molecule has 38 heavy (non-hydrogen) atoms. The molecule has 2 amide bonds. The molecule has 0 saturated heterocycles. The highest BCUT2D eigenvalue weighted by atomic mass is 35.5. The Morgan fingerprint density at radius 1 is 0.947 bits per heavy atom. The maximum atomic E-state index is 13.7. The summed E-state index contributed by atoms with van der Waals surface area (Å²) >= 11 is 6.38. The Hall–Kier alpha value is -2.81. The van der Waals surface area contributed by atoms with Crippen molar-refractivity contribution in [3.05, 3.63) is 52.5 Å². The van der Waals surface area contributed by atoms with E-state index in [1.54, 1.807) is 4.90 Å². The van der Waals surface area contributed by atoms with Gasteiger partial charge in [-0.2, -0.15) is 0 Å². The van der Waals surface area contributed by atoms with Crippen LogP contribution in [-0.4, -0.2) is 80.8 Å². The lowest BCUT2D eigenvalue weighted by Gasteiger charge is -2.30. The third kappa shape index (κ3) is 7.18. The van der Waals surface area contributed by atoms with E-state index in [4.69, 9.17) is 25.8 Å². The average Bonchev–Trinajstić information content (AvgIpc) is 3.14. The van der Waals surface area contributed by atoms with Crippen molar-refractivity contribution in [1.82, 2.24) is 9.80 Å². The second-order valence-electron chi connectivity index (χ2n) is 10.1. The van der Waals surface area contributed by atoms with Crippen LogP contribution in [0.4, 0.5) is 5.69 Å². The summed E-state index contributed by atoms with van der Waals surface area (Å²) in [6.07, 6.45) is 1.87. The van der Waals surface area contributed by atoms with Gasteiger partial charge in [-0.1, -0.05) is 23.7 Å². The highest BCUT2D eigenvalue weighted by Gasteiger charge is 2.25. The summed E-state index contributed by atoms with van der Waals surface area (Å²) < 4.78 is 16.7. The number of carbonyl (C=O) groups is 2. The number of nitrogens with zero attached hydrogens (tertiary/aromatic N) is 3. The van der Waals surface area contributed by atoms with E-state index in [0.717, 1.165) is 42.7 Å². The number of ether oxygens (including phenoxy) is 3. The summed E-state index contributed by atoms with van der Waals surface area (Å²) in [5.41, 5.74) is 2.48. The first-order valence-electron chi connectivity index (χ1n) is 13.3. The van der Waals surface area contributed by atoms with Gasteiger partial charge in [0.25, 0.3) is 5.91 Å². The number of benzene rings is 2. The van der Waals surface area contributed by atoms with Crippen LogP contribution in [0.15, 0.2) is 36.4 Å². The van der Waals surface area contributed by atoms with Crippen LogP contribution in [0.3, 0.4) is 0 Å². The highest BCUT2D eigenvalue weighted by molar-refractivity contribution is 6.31. The van der Waals surface area contributed by atoms with Crippen molar-refractivity contribution in [3.8, 4) is 11.5 Å². The van der Waals surface area contributed by atoms with Crippen molar-refractivity contribution in [2.24, 2.45) is 0 Å². The Balaban J connectivity index is 1.63. The smallest absolute Gasteiger partial charge is 0.252 e. The lowest BCUT2D eigenvalue weighted by atomic mass is 10.1. The Labute approximate surface area is 230 Å². The van der Waals surface area contributed by atoms with Crippen LogP contribution < -0.4 is 14.4 Å². The highest BCUT2D eigenvalue weighted by Crippen LogP contribution is 2.31. The first kappa shape index (κ1) is 28.2.